The Bertz CT molecular complexity index is 497. The predicted molar refractivity (Wildman–Crippen MR) is 76.1 cm³/mol. The van der Waals surface area contributed by atoms with Gasteiger partial charge in [0.25, 0.3) is 0 Å². The van der Waals surface area contributed by atoms with Crippen LogP contribution in [0.5, 0.6) is 0 Å². The molecule has 0 bridgehead atoms. The molecule has 0 amide bonds. The second kappa shape index (κ2) is 6.13. The van der Waals surface area contributed by atoms with Gasteiger partial charge in [-0.3, -0.25) is 4.90 Å². The highest BCUT2D eigenvalue weighted by Crippen LogP contribution is 2.19. The molecule has 0 aliphatic rings. The van der Waals surface area contributed by atoms with Crippen molar-refractivity contribution < 1.29 is 0 Å². The van der Waals surface area contributed by atoms with Crippen LogP contribution in [0, 0.1) is 0 Å². The molecule has 1 aromatic carbocycles. The zero-order chi connectivity index (χ0) is 13.0. The van der Waals surface area contributed by atoms with Crippen LogP contribution in [0.3, 0.4) is 0 Å². The van der Waals surface area contributed by atoms with Gasteiger partial charge in [-0.2, -0.15) is 0 Å². The maximum Gasteiger partial charge on any atom is 0.134 e. The van der Waals surface area contributed by atoms with E-state index in [4.69, 9.17) is 11.6 Å². The van der Waals surface area contributed by atoms with Crippen molar-refractivity contribution >= 4 is 28.1 Å². The maximum atomic E-state index is 5.86. The van der Waals surface area contributed by atoms with Gasteiger partial charge in [0, 0.05) is 36.7 Å². The van der Waals surface area contributed by atoms with Crippen LogP contribution < -0.4 is 5.32 Å². The van der Waals surface area contributed by atoms with Crippen molar-refractivity contribution in [3.8, 4) is 0 Å². The Balaban J connectivity index is 1.96. The Morgan fingerprint density at radius 2 is 2.00 bits per heavy atom. The van der Waals surface area contributed by atoms with E-state index in [1.54, 1.807) is 0 Å². The topological polar surface area (TPSA) is 41.1 Å². The molecule has 1 aromatic heterocycles. The molecule has 1 heterocycles. The molecule has 0 unspecified atom stereocenters. The molecule has 96 valence electrons. The Hall–Kier alpha value is -1.17. The summed E-state index contributed by atoms with van der Waals surface area (Å²) in [6.45, 7) is 1.63. The van der Waals surface area contributed by atoms with Crippen molar-refractivity contribution in [2.24, 2.45) is 0 Å². The van der Waals surface area contributed by atoms with Gasteiger partial charge in [0.1, 0.15) is 10.7 Å². The quantitative estimate of drug-likeness (QED) is 0.916. The van der Waals surface area contributed by atoms with Crippen molar-refractivity contribution in [2.75, 3.05) is 19.4 Å². The Labute approximate surface area is 116 Å². The number of rotatable bonds is 5. The van der Waals surface area contributed by atoms with Gasteiger partial charge in [-0.25, -0.2) is 0 Å². The Morgan fingerprint density at radius 1 is 1.28 bits per heavy atom. The number of hydrogen-bond acceptors (Lipinski definition) is 5. The van der Waals surface area contributed by atoms with E-state index < -0.39 is 0 Å². The fourth-order valence-corrected chi connectivity index (χ4v) is 2.36. The third-order valence-corrected chi connectivity index (χ3v) is 3.61. The van der Waals surface area contributed by atoms with Gasteiger partial charge in [-0.15, -0.1) is 5.10 Å². The highest BCUT2D eigenvalue weighted by atomic mass is 35.5. The fraction of sp³-hybridized carbons (Fsp3) is 0.333. The van der Waals surface area contributed by atoms with Crippen molar-refractivity contribution in [2.45, 2.75) is 13.1 Å². The molecule has 2 rings (SSSR count). The molecular formula is C12H15ClN4S. The highest BCUT2D eigenvalue weighted by Gasteiger charge is 2.09. The lowest BCUT2D eigenvalue weighted by molar-refractivity contribution is 0.315. The van der Waals surface area contributed by atoms with Gasteiger partial charge in [-0.05, 0) is 24.7 Å². The summed E-state index contributed by atoms with van der Waals surface area (Å²) >= 11 is 7.25. The second-order valence-corrected chi connectivity index (χ2v) is 5.29. The molecule has 0 radical (unpaired) electrons. The molecule has 0 fully saturated rings. The Morgan fingerprint density at radius 3 is 2.67 bits per heavy atom. The van der Waals surface area contributed by atoms with E-state index >= 15 is 0 Å². The van der Waals surface area contributed by atoms with E-state index in [2.05, 4.69) is 26.9 Å². The third kappa shape index (κ3) is 3.41. The first-order valence-electron chi connectivity index (χ1n) is 5.61. The Kier molecular flexibility index (Phi) is 4.52. The largest absolute Gasteiger partial charge is 0.377 e. The smallest absolute Gasteiger partial charge is 0.134 e. The lowest BCUT2D eigenvalue weighted by atomic mass is 10.2. The summed E-state index contributed by atoms with van der Waals surface area (Å²) in [4.78, 5) is 2.20. The molecule has 0 saturated heterocycles. The molecule has 4 nitrogen and oxygen atoms in total. The molecular weight excluding hydrogens is 268 g/mol. The summed E-state index contributed by atoms with van der Waals surface area (Å²) < 4.78 is 3.95. The van der Waals surface area contributed by atoms with Crippen molar-refractivity contribution in [1.82, 2.24) is 14.5 Å². The van der Waals surface area contributed by atoms with Crippen LogP contribution in [-0.2, 0) is 13.1 Å². The average molecular weight is 283 g/mol. The van der Waals surface area contributed by atoms with E-state index in [0.717, 1.165) is 28.8 Å². The van der Waals surface area contributed by atoms with Gasteiger partial charge >= 0.3 is 0 Å². The van der Waals surface area contributed by atoms with Crippen LogP contribution in [0.1, 0.15) is 11.3 Å². The minimum atomic E-state index is 0.766. The predicted octanol–water partition coefficient (Wildman–Crippen LogP) is 2.87. The summed E-state index contributed by atoms with van der Waals surface area (Å²) in [6.07, 6.45) is 0. The fourth-order valence-electron chi connectivity index (χ4n) is 1.72. The lowest BCUT2D eigenvalue weighted by Gasteiger charge is -2.15. The summed E-state index contributed by atoms with van der Waals surface area (Å²) in [5.41, 5.74) is 2.22. The SMILES string of the molecule is CNc1snnc1CN(C)Cc1ccc(Cl)cc1. The first-order valence-corrected chi connectivity index (χ1v) is 6.76. The van der Waals surface area contributed by atoms with Crippen LogP contribution in [0.2, 0.25) is 5.02 Å². The monoisotopic (exact) mass is 282 g/mol. The summed E-state index contributed by atoms with van der Waals surface area (Å²) in [5, 5.41) is 9.02. The van der Waals surface area contributed by atoms with Gasteiger partial charge in [0.05, 0.1) is 0 Å². The minimum Gasteiger partial charge on any atom is -0.377 e. The van der Waals surface area contributed by atoms with Crippen molar-refractivity contribution in [3.63, 3.8) is 0 Å². The molecule has 2 aromatic rings. The maximum absolute atomic E-state index is 5.86. The number of hydrogen-bond donors (Lipinski definition) is 1. The second-order valence-electron chi connectivity index (χ2n) is 4.10. The molecule has 0 atom stereocenters. The average Bonchev–Trinajstić information content (AvgIpc) is 2.79. The number of nitrogens with one attached hydrogen (secondary N) is 1. The number of anilines is 1. The third-order valence-electron chi connectivity index (χ3n) is 2.57. The molecule has 1 N–H and O–H groups in total. The molecule has 0 spiro atoms. The number of benzene rings is 1. The minimum absolute atomic E-state index is 0.766. The van der Waals surface area contributed by atoms with E-state index in [-0.39, 0.29) is 0 Å². The summed E-state index contributed by atoms with van der Waals surface area (Å²) in [6, 6.07) is 7.90. The van der Waals surface area contributed by atoms with E-state index in [0.29, 0.717) is 0 Å². The molecule has 6 heteroatoms. The molecule has 0 saturated carbocycles. The van der Waals surface area contributed by atoms with Crippen LogP contribution in [-0.4, -0.2) is 28.6 Å². The van der Waals surface area contributed by atoms with Gasteiger partial charge in [-0.1, -0.05) is 28.2 Å². The first-order chi connectivity index (χ1) is 8.69. The number of halogens is 1. The van der Waals surface area contributed by atoms with Gasteiger partial charge in [0.2, 0.25) is 0 Å². The summed E-state index contributed by atoms with van der Waals surface area (Å²) in [7, 11) is 3.95. The molecule has 0 aliphatic heterocycles. The zero-order valence-electron chi connectivity index (χ0n) is 10.4. The lowest BCUT2D eigenvalue weighted by Crippen LogP contribution is -2.18. The highest BCUT2D eigenvalue weighted by molar-refractivity contribution is 7.10. The normalized spacial score (nSPS) is 10.9. The standard InChI is InChI=1S/C12H15ClN4S/c1-14-12-11(15-16-18-12)8-17(2)7-9-3-5-10(13)6-4-9/h3-6,14H,7-8H2,1-2H3. The van der Waals surface area contributed by atoms with Gasteiger partial charge < -0.3 is 5.32 Å². The van der Waals surface area contributed by atoms with Crippen LogP contribution in [0.4, 0.5) is 5.00 Å². The number of nitrogens with zero attached hydrogens (tertiary/aromatic N) is 3. The number of aromatic nitrogens is 2. The van der Waals surface area contributed by atoms with E-state index in [9.17, 15) is 0 Å². The first kappa shape index (κ1) is 13.3. The van der Waals surface area contributed by atoms with Crippen LogP contribution >= 0.6 is 23.1 Å². The molecule has 0 aliphatic carbocycles. The van der Waals surface area contributed by atoms with Crippen molar-refractivity contribution in [1.29, 1.82) is 0 Å². The van der Waals surface area contributed by atoms with Crippen molar-refractivity contribution in [3.05, 3.63) is 40.5 Å². The van der Waals surface area contributed by atoms with E-state index in [1.807, 2.05) is 31.3 Å². The zero-order valence-corrected chi connectivity index (χ0v) is 11.9. The summed E-state index contributed by atoms with van der Waals surface area (Å²) in [5.74, 6) is 0. The van der Waals surface area contributed by atoms with E-state index in [1.165, 1.54) is 17.1 Å². The van der Waals surface area contributed by atoms with Gasteiger partial charge in [0.15, 0.2) is 0 Å². The molecule has 18 heavy (non-hydrogen) atoms. The van der Waals surface area contributed by atoms with Crippen LogP contribution in [0.25, 0.3) is 0 Å². The van der Waals surface area contributed by atoms with Crippen LogP contribution in [0.15, 0.2) is 24.3 Å².